The Labute approximate surface area is 55.4 Å². The highest BCUT2D eigenvalue weighted by molar-refractivity contribution is 8.02. The molecular formula is C7H12S. The van der Waals surface area contributed by atoms with Crippen molar-refractivity contribution in [2.45, 2.75) is 13.8 Å². The lowest BCUT2D eigenvalue weighted by Gasteiger charge is -2.09. The van der Waals surface area contributed by atoms with Crippen molar-refractivity contribution in [2.75, 3.05) is 5.75 Å². The number of hydrogen-bond donors (Lipinski definition) is 0. The van der Waals surface area contributed by atoms with Crippen LogP contribution in [0, 0.1) is 11.8 Å². The number of rotatable bonds is 1. The van der Waals surface area contributed by atoms with Gasteiger partial charge in [0.05, 0.1) is 0 Å². The molecule has 1 atom stereocenters. The van der Waals surface area contributed by atoms with Gasteiger partial charge in [-0.2, -0.15) is 0 Å². The summed E-state index contributed by atoms with van der Waals surface area (Å²) in [6, 6.07) is 0. The molecule has 0 aromatic heterocycles. The van der Waals surface area contributed by atoms with E-state index in [1.807, 2.05) is 11.8 Å². The Morgan fingerprint density at radius 1 is 1.62 bits per heavy atom. The van der Waals surface area contributed by atoms with Crippen LogP contribution in [0.4, 0.5) is 0 Å². The molecule has 0 saturated carbocycles. The normalized spacial score (nSPS) is 27.6. The summed E-state index contributed by atoms with van der Waals surface area (Å²) < 4.78 is 0. The molecule has 1 heterocycles. The van der Waals surface area contributed by atoms with Crippen LogP contribution in [0.1, 0.15) is 13.8 Å². The van der Waals surface area contributed by atoms with E-state index in [1.165, 1.54) is 5.75 Å². The second-order valence-electron chi connectivity index (χ2n) is 2.57. The summed E-state index contributed by atoms with van der Waals surface area (Å²) in [5.41, 5.74) is 0. The SMILES string of the molecule is CC(C)C1C=CSC1. The summed E-state index contributed by atoms with van der Waals surface area (Å²) in [6.45, 7) is 4.56. The molecule has 1 heteroatoms. The van der Waals surface area contributed by atoms with Crippen LogP contribution in [-0.4, -0.2) is 5.75 Å². The third-order valence-corrected chi connectivity index (χ3v) is 2.49. The van der Waals surface area contributed by atoms with Gasteiger partial charge >= 0.3 is 0 Å². The molecule has 1 rings (SSSR count). The van der Waals surface area contributed by atoms with Crippen LogP contribution in [0.3, 0.4) is 0 Å². The highest BCUT2D eigenvalue weighted by atomic mass is 32.2. The van der Waals surface area contributed by atoms with Crippen molar-refractivity contribution in [3.8, 4) is 0 Å². The molecule has 0 aromatic carbocycles. The Kier molecular flexibility index (Phi) is 2.01. The van der Waals surface area contributed by atoms with Crippen LogP contribution in [0.25, 0.3) is 0 Å². The molecule has 0 N–H and O–H groups in total. The van der Waals surface area contributed by atoms with Gasteiger partial charge in [-0.25, -0.2) is 0 Å². The molecule has 0 fully saturated rings. The molecular weight excluding hydrogens is 116 g/mol. The van der Waals surface area contributed by atoms with Crippen LogP contribution in [0.15, 0.2) is 11.5 Å². The first-order chi connectivity index (χ1) is 3.80. The smallest absolute Gasteiger partial charge is 0.00397 e. The molecule has 0 radical (unpaired) electrons. The largest absolute Gasteiger partial charge is 0.134 e. The van der Waals surface area contributed by atoms with Gasteiger partial charge in [0.2, 0.25) is 0 Å². The zero-order chi connectivity index (χ0) is 5.98. The Hall–Kier alpha value is 0.0900. The van der Waals surface area contributed by atoms with Gasteiger partial charge in [-0.05, 0) is 17.2 Å². The molecule has 1 aliphatic rings. The first-order valence-corrected chi connectivity index (χ1v) is 4.14. The number of thioether (sulfide) groups is 1. The molecule has 0 saturated heterocycles. The maximum Gasteiger partial charge on any atom is 0.00397 e. The van der Waals surface area contributed by atoms with Gasteiger partial charge in [0.25, 0.3) is 0 Å². The lowest BCUT2D eigenvalue weighted by molar-refractivity contribution is 0.516. The fourth-order valence-electron chi connectivity index (χ4n) is 0.793. The maximum absolute atomic E-state index is 2.31. The molecule has 0 spiro atoms. The van der Waals surface area contributed by atoms with Crippen molar-refractivity contribution >= 4 is 11.8 Å². The molecule has 0 bridgehead atoms. The van der Waals surface area contributed by atoms with E-state index in [0.29, 0.717) is 0 Å². The first-order valence-electron chi connectivity index (χ1n) is 3.09. The van der Waals surface area contributed by atoms with Crippen LogP contribution in [0.2, 0.25) is 0 Å². The Morgan fingerprint density at radius 3 is 2.62 bits per heavy atom. The van der Waals surface area contributed by atoms with Gasteiger partial charge in [-0.3, -0.25) is 0 Å². The number of allylic oxidation sites excluding steroid dienone is 1. The second-order valence-corrected chi connectivity index (χ2v) is 3.51. The van der Waals surface area contributed by atoms with Gasteiger partial charge in [0, 0.05) is 5.75 Å². The van der Waals surface area contributed by atoms with Gasteiger partial charge in [-0.15, -0.1) is 11.8 Å². The lowest BCUT2D eigenvalue weighted by Crippen LogP contribution is -2.04. The van der Waals surface area contributed by atoms with Gasteiger partial charge in [0.15, 0.2) is 0 Å². The summed E-state index contributed by atoms with van der Waals surface area (Å²) in [5, 5.41) is 2.21. The Balaban J connectivity index is 2.36. The van der Waals surface area contributed by atoms with E-state index in [9.17, 15) is 0 Å². The molecule has 8 heavy (non-hydrogen) atoms. The summed E-state index contributed by atoms with van der Waals surface area (Å²) in [4.78, 5) is 0. The average Bonchev–Trinajstić information content (AvgIpc) is 2.12. The highest BCUT2D eigenvalue weighted by Gasteiger charge is 2.12. The third-order valence-electron chi connectivity index (χ3n) is 1.57. The third kappa shape index (κ3) is 1.28. The fourth-order valence-corrected chi connectivity index (χ4v) is 1.94. The number of hydrogen-bond acceptors (Lipinski definition) is 1. The Bertz CT molecular complexity index is 94.6. The zero-order valence-electron chi connectivity index (χ0n) is 5.42. The van der Waals surface area contributed by atoms with Gasteiger partial charge in [0.1, 0.15) is 0 Å². The van der Waals surface area contributed by atoms with E-state index in [0.717, 1.165) is 11.8 Å². The molecule has 1 aliphatic heterocycles. The first kappa shape index (κ1) is 6.21. The van der Waals surface area contributed by atoms with Crippen LogP contribution < -0.4 is 0 Å². The molecule has 0 amide bonds. The summed E-state index contributed by atoms with van der Waals surface area (Å²) in [6.07, 6.45) is 2.31. The minimum atomic E-state index is 0.834. The Morgan fingerprint density at radius 2 is 2.38 bits per heavy atom. The van der Waals surface area contributed by atoms with Gasteiger partial charge in [-0.1, -0.05) is 19.9 Å². The monoisotopic (exact) mass is 128 g/mol. The summed E-state index contributed by atoms with van der Waals surface area (Å²) in [7, 11) is 0. The minimum absolute atomic E-state index is 0.834. The average molecular weight is 128 g/mol. The van der Waals surface area contributed by atoms with E-state index in [1.54, 1.807) is 0 Å². The van der Waals surface area contributed by atoms with E-state index in [-0.39, 0.29) is 0 Å². The standard InChI is InChI=1S/C7H12S/c1-6(2)7-3-4-8-5-7/h3-4,6-7H,5H2,1-2H3. The highest BCUT2D eigenvalue weighted by Crippen LogP contribution is 2.25. The predicted molar refractivity (Wildman–Crippen MR) is 39.9 cm³/mol. The molecule has 0 aromatic rings. The topological polar surface area (TPSA) is 0 Å². The fraction of sp³-hybridized carbons (Fsp3) is 0.714. The van der Waals surface area contributed by atoms with Crippen molar-refractivity contribution in [1.82, 2.24) is 0 Å². The van der Waals surface area contributed by atoms with Gasteiger partial charge < -0.3 is 0 Å². The van der Waals surface area contributed by atoms with Crippen LogP contribution >= 0.6 is 11.8 Å². The van der Waals surface area contributed by atoms with E-state index < -0.39 is 0 Å². The summed E-state index contributed by atoms with van der Waals surface area (Å²) in [5.74, 6) is 2.98. The predicted octanol–water partition coefficient (Wildman–Crippen LogP) is 2.52. The van der Waals surface area contributed by atoms with Crippen molar-refractivity contribution < 1.29 is 0 Å². The summed E-state index contributed by atoms with van der Waals surface area (Å²) >= 11 is 1.93. The molecule has 0 aliphatic carbocycles. The second kappa shape index (κ2) is 2.58. The maximum atomic E-state index is 2.31. The van der Waals surface area contributed by atoms with Crippen molar-refractivity contribution in [3.05, 3.63) is 11.5 Å². The van der Waals surface area contributed by atoms with Crippen molar-refractivity contribution in [1.29, 1.82) is 0 Å². The quantitative estimate of drug-likeness (QED) is 0.523. The van der Waals surface area contributed by atoms with E-state index >= 15 is 0 Å². The lowest BCUT2D eigenvalue weighted by atomic mass is 9.99. The van der Waals surface area contributed by atoms with Crippen LogP contribution in [-0.2, 0) is 0 Å². The molecule has 0 nitrogen and oxygen atoms in total. The van der Waals surface area contributed by atoms with E-state index in [4.69, 9.17) is 0 Å². The van der Waals surface area contributed by atoms with Crippen molar-refractivity contribution in [3.63, 3.8) is 0 Å². The molecule has 1 unspecified atom stereocenters. The molecule has 46 valence electrons. The zero-order valence-corrected chi connectivity index (χ0v) is 6.24. The minimum Gasteiger partial charge on any atom is -0.134 e. The van der Waals surface area contributed by atoms with Crippen LogP contribution in [0.5, 0.6) is 0 Å². The van der Waals surface area contributed by atoms with E-state index in [2.05, 4.69) is 25.3 Å². The van der Waals surface area contributed by atoms with Crippen molar-refractivity contribution in [2.24, 2.45) is 11.8 Å².